The molecule has 0 saturated carbocycles. The summed E-state index contributed by atoms with van der Waals surface area (Å²) in [6, 6.07) is 6.45. The number of hydrogen-bond donors (Lipinski definition) is 2. The number of nitrogens with zero attached hydrogens (tertiary/aromatic N) is 1. The first-order chi connectivity index (χ1) is 8.20. The Kier molecular flexibility index (Phi) is 3.91. The minimum atomic E-state index is -0.220. The van der Waals surface area contributed by atoms with E-state index in [-0.39, 0.29) is 5.82 Å². The molecule has 1 fully saturated rings. The van der Waals surface area contributed by atoms with E-state index in [9.17, 15) is 4.39 Å². The molecule has 1 aromatic carbocycles. The normalized spacial score (nSPS) is 20.2. The fourth-order valence-corrected chi connectivity index (χ4v) is 2.24. The van der Waals surface area contributed by atoms with Crippen LogP contribution in [0.2, 0.25) is 0 Å². The summed E-state index contributed by atoms with van der Waals surface area (Å²) in [6.45, 7) is 4.98. The van der Waals surface area contributed by atoms with Crippen molar-refractivity contribution in [2.24, 2.45) is 0 Å². The largest absolute Gasteiger partial charge is 0.315 e. The van der Waals surface area contributed by atoms with Gasteiger partial charge >= 0.3 is 0 Å². The van der Waals surface area contributed by atoms with Crippen LogP contribution in [0.5, 0.6) is 0 Å². The summed E-state index contributed by atoms with van der Waals surface area (Å²) < 4.78 is 12.9. The molecule has 0 aromatic heterocycles. The summed E-state index contributed by atoms with van der Waals surface area (Å²) in [7, 11) is 0. The van der Waals surface area contributed by atoms with E-state index in [1.807, 2.05) is 4.90 Å². The molecule has 17 heavy (non-hydrogen) atoms. The molecule has 0 bridgehead atoms. The lowest BCUT2D eigenvalue weighted by molar-refractivity contribution is -0.903. The van der Waals surface area contributed by atoms with Crippen LogP contribution >= 0.6 is 12.2 Å². The lowest BCUT2D eigenvalue weighted by Crippen LogP contribution is -3.17. The molecule has 1 aliphatic rings. The highest BCUT2D eigenvalue weighted by Gasteiger charge is 2.23. The number of benzene rings is 1. The SMILES string of the molecule is CCC[NH+]1CNC(=S)N(c2ccc(F)cc2)C1. The Hall–Kier alpha value is -1.20. The van der Waals surface area contributed by atoms with Gasteiger partial charge in [-0.1, -0.05) is 6.92 Å². The third-order valence-electron chi connectivity index (χ3n) is 2.86. The van der Waals surface area contributed by atoms with Gasteiger partial charge in [-0.25, -0.2) is 4.39 Å². The number of hydrogen-bond acceptors (Lipinski definition) is 1. The fourth-order valence-electron chi connectivity index (χ4n) is 2.00. The average Bonchev–Trinajstić information content (AvgIpc) is 2.33. The van der Waals surface area contributed by atoms with Crippen molar-refractivity contribution in [1.82, 2.24) is 5.32 Å². The van der Waals surface area contributed by atoms with E-state index >= 15 is 0 Å². The number of thiocarbonyl (C=S) groups is 1. The van der Waals surface area contributed by atoms with Crippen LogP contribution < -0.4 is 15.1 Å². The van der Waals surface area contributed by atoms with Crippen molar-refractivity contribution in [3.8, 4) is 0 Å². The number of anilines is 1. The Labute approximate surface area is 106 Å². The summed E-state index contributed by atoms with van der Waals surface area (Å²) >= 11 is 5.29. The number of rotatable bonds is 3. The zero-order valence-electron chi connectivity index (χ0n) is 9.87. The predicted molar refractivity (Wildman–Crippen MR) is 70.5 cm³/mol. The van der Waals surface area contributed by atoms with Gasteiger partial charge in [-0.15, -0.1) is 0 Å². The van der Waals surface area contributed by atoms with Gasteiger partial charge in [-0.3, -0.25) is 4.90 Å². The van der Waals surface area contributed by atoms with E-state index in [0.717, 1.165) is 37.1 Å². The van der Waals surface area contributed by atoms with Crippen molar-refractivity contribution >= 4 is 23.0 Å². The molecule has 0 radical (unpaired) electrons. The van der Waals surface area contributed by atoms with Crippen LogP contribution in [0.15, 0.2) is 24.3 Å². The van der Waals surface area contributed by atoms with Gasteiger partial charge < -0.3 is 10.2 Å². The Morgan fingerprint density at radius 1 is 1.41 bits per heavy atom. The van der Waals surface area contributed by atoms with Gasteiger partial charge in [0.2, 0.25) is 0 Å². The molecule has 1 unspecified atom stereocenters. The molecular formula is C12H17FN3S+. The van der Waals surface area contributed by atoms with E-state index in [4.69, 9.17) is 12.2 Å². The van der Waals surface area contributed by atoms with Crippen molar-refractivity contribution < 1.29 is 9.29 Å². The lowest BCUT2D eigenvalue weighted by atomic mass is 10.3. The quantitative estimate of drug-likeness (QED) is 0.776. The van der Waals surface area contributed by atoms with Crippen molar-refractivity contribution in [1.29, 1.82) is 0 Å². The van der Waals surface area contributed by atoms with Crippen LogP contribution in [0, 0.1) is 5.82 Å². The Morgan fingerprint density at radius 3 is 2.76 bits per heavy atom. The lowest BCUT2D eigenvalue weighted by Gasteiger charge is -2.35. The number of halogens is 1. The van der Waals surface area contributed by atoms with Gasteiger partial charge in [0, 0.05) is 5.69 Å². The molecule has 2 rings (SSSR count). The molecule has 92 valence electrons. The van der Waals surface area contributed by atoms with Gasteiger partial charge in [0.05, 0.1) is 6.54 Å². The summed E-state index contributed by atoms with van der Waals surface area (Å²) in [5.74, 6) is -0.220. The highest BCUT2D eigenvalue weighted by Crippen LogP contribution is 2.14. The van der Waals surface area contributed by atoms with Crippen molar-refractivity contribution in [3.05, 3.63) is 30.1 Å². The molecule has 2 N–H and O–H groups in total. The van der Waals surface area contributed by atoms with Crippen molar-refractivity contribution in [2.45, 2.75) is 13.3 Å². The van der Waals surface area contributed by atoms with E-state index < -0.39 is 0 Å². The van der Waals surface area contributed by atoms with Gasteiger partial charge in [0.15, 0.2) is 18.4 Å². The number of nitrogens with one attached hydrogen (secondary N) is 2. The van der Waals surface area contributed by atoms with Crippen molar-refractivity contribution in [2.75, 3.05) is 24.8 Å². The molecular weight excluding hydrogens is 237 g/mol. The minimum absolute atomic E-state index is 0.220. The summed E-state index contributed by atoms with van der Waals surface area (Å²) in [5.41, 5.74) is 0.942. The molecule has 0 amide bonds. The average molecular weight is 254 g/mol. The Morgan fingerprint density at radius 2 is 2.12 bits per heavy atom. The first-order valence-corrected chi connectivity index (χ1v) is 6.26. The first kappa shape index (κ1) is 12.3. The van der Waals surface area contributed by atoms with Crippen LogP contribution in [-0.4, -0.2) is 25.0 Å². The molecule has 0 spiro atoms. The molecule has 0 aliphatic carbocycles. The van der Waals surface area contributed by atoms with E-state index in [2.05, 4.69) is 12.2 Å². The second-order valence-corrected chi connectivity index (χ2v) is 4.61. The standard InChI is InChI=1S/C12H16FN3S/c1-2-7-15-8-14-12(17)16(9-15)11-5-3-10(13)4-6-11/h3-6H,2,7-9H2,1H3,(H,14,17)/p+1. The smallest absolute Gasteiger partial charge is 0.182 e. The monoisotopic (exact) mass is 254 g/mol. The Bertz CT molecular complexity index is 393. The van der Waals surface area contributed by atoms with Crippen LogP contribution in [0.1, 0.15) is 13.3 Å². The van der Waals surface area contributed by atoms with Crippen LogP contribution in [0.3, 0.4) is 0 Å². The molecule has 3 nitrogen and oxygen atoms in total. The molecule has 1 saturated heterocycles. The third kappa shape index (κ3) is 2.92. The van der Waals surface area contributed by atoms with Crippen LogP contribution in [0.4, 0.5) is 10.1 Å². The highest BCUT2D eigenvalue weighted by atomic mass is 32.1. The molecule has 5 heteroatoms. The van der Waals surface area contributed by atoms with Gasteiger partial charge in [0.25, 0.3) is 0 Å². The van der Waals surface area contributed by atoms with E-state index in [1.165, 1.54) is 17.0 Å². The summed E-state index contributed by atoms with van der Waals surface area (Å²) in [6.07, 6.45) is 1.14. The van der Waals surface area contributed by atoms with E-state index in [0.29, 0.717) is 0 Å². The second kappa shape index (κ2) is 5.42. The summed E-state index contributed by atoms with van der Waals surface area (Å²) in [5, 5.41) is 3.93. The molecule has 1 atom stereocenters. The predicted octanol–water partition coefficient (Wildman–Crippen LogP) is 0.730. The minimum Gasteiger partial charge on any atom is -0.315 e. The molecule has 1 aromatic rings. The summed E-state index contributed by atoms with van der Waals surface area (Å²) in [4.78, 5) is 3.45. The maximum atomic E-state index is 12.9. The zero-order valence-corrected chi connectivity index (χ0v) is 10.7. The zero-order chi connectivity index (χ0) is 12.3. The number of quaternary nitrogens is 1. The van der Waals surface area contributed by atoms with Crippen molar-refractivity contribution in [3.63, 3.8) is 0 Å². The van der Waals surface area contributed by atoms with Gasteiger partial charge in [0.1, 0.15) is 5.82 Å². The van der Waals surface area contributed by atoms with E-state index in [1.54, 1.807) is 12.1 Å². The fraction of sp³-hybridized carbons (Fsp3) is 0.417. The van der Waals surface area contributed by atoms with Crippen LogP contribution in [-0.2, 0) is 0 Å². The van der Waals surface area contributed by atoms with Gasteiger partial charge in [-0.05, 0) is 42.9 Å². The third-order valence-corrected chi connectivity index (χ3v) is 3.22. The second-order valence-electron chi connectivity index (χ2n) is 4.22. The maximum Gasteiger partial charge on any atom is 0.182 e. The topological polar surface area (TPSA) is 19.7 Å². The van der Waals surface area contributed by atoms with Gasteiger partial charge in [-0.2, -0.15) is 0 Å². The maximum absolute atomic E-state index is 12.9. The molecule has 1 heterocycles. The first-order valence-electron chi connectivity index (χ1n) is 5.85. The molecule has 1 aliphatic heterocycles. The Balaban J connectivity index is 2.12. The van der Waals surface area contributed by atoms with Crippen LogP contribution in [0.25, 0.3) is 0 Å². The highest BCUT2D eigenvalue weighted by molar-refractivity contribution is 7.80.